The average molecular weight is 340 g/mol. The molecule has 2 N–H and O–H groups in total. The number of rotatable bonds is 7. The molecule has 5 nitrogen and oxygen atoms in total. The molecule has 2 aromatic carbocycles. The van der Waals surface area contributed by atoms with Gasteiger partial charge in [-0.3, -0.25) is 9.59 Å². The van der Waals surface area contributed by atoms with Gasteiger partial charge in [-0.25, -0.2) is 0 Å². The molecule has 2 rings (SSSR count). The second-order valence-electron chi connectivity index (χ2n) is 5.82. The largest absolute Gasteiger partial charge is 0.492 e. The number of hydrogen-bond acceptors (Lipinski definition) is 3. The lowest BCUT2D eigenvalue weighted by atomic mass is 10.1. The first-order chi connectivity index (χ1) is 12.0. The van der Waals surface area contributed by atoms with Crippen LogP contribution in [0, 0.1) is 6.92 Å². The van der Waals surface area contributed by atoms with Gasteiger partial charge in [-0.15, -0.1) is 0 Å². The van der Waals surface area contributed by atoms with Crippen molar-refractivity contribution in [2.24, 2.45) is 0 Å². The molecule has 0 aliphatic heterocycles. The molecule has 0 radical (unpaired) electrons. The molecule has 0 saturated heterocycles. The van der Waals surface area contributed by atoms with E-state index in [2.05, 4.69) is 10.6 Å². The molecule has 25 heavy (non-hydrogen) atoms. The molecular formula is C20H24N2O3. The molecule has 2 amide bonds. The number of amides is 2. The number of carbonyl (C=O) groups excluding carboxylic acids is 2. The van der Waals surface area contributed by atoms with Crippen LogP contribution in [0.15, 0.2) is 42.5 Å². The van der Waals surface area contributed by atoms with Crippen LogP contribution in [0.1, 0.15) is 35.3 Å². The predicted octanol–water partition coefficient (Wildman–Crippen LogP) is 3.32. The van der Waals surface area contributed by atoms with E-state index in [1.807, 2.05) is 50.2 Å². The van der Waals surface area contributed by atoms with Gasteiger partial charge in [-0.1, -0.05) is 23.8 Å². The maximum absolute atomic E-state index is 12.2. The van der Waals surface area contributed by atoms with Crippen molar-refractivity contribution in [3.8, 4) is 5.75 Å². The number of anilines is 1. The fourth-order valence-corrected chi connectivity index (χ4v) is 2.51. The van der Waals surface area contributed by atoms with E-state index in [0.29, 0.717) is 36.6 Å². The minimum Gasteiger partial charge on any atom is -0.492 e. The highest BCUT2D eigenvalue weighted by molar-refractivity contribution is 5.94. The summed E-state index contributed by atoms with van der Waals surface area (Å²) in [6.45, 7) is 6.36. The monoisotopic (exact) mass is 340 g/mol. The Balaban J connectivity index is 1.98. The summed E-state index contributed by atoms with van der Waals surface area (Å²) in [7, 11) is 0. The van der Waals surface area contributed by atoms with Gasteiger partial charge in [0.05, 0.1) is 12.3 Å². The molecule has 0 bridgehead atoms. The number of aryl methyl sites for hydroxylation is 1. The van der Waals surface area contributed by atoms with Gasteiger partial charge in [-0.2, -0.15) is 0 Å². The van der Waals surface area contributed by atoms with Crippen molar-refractivity contribution in [3.63, 3.8) is 0 Å². The van der Waals surface area contributed by atoms with Gasteiger partial charge < -0.3 is 15.4 Å². The number of benzene rings is 2. The molecule has 5 heteroatoms. The van der Waals surface area contributed by atoms with Crippen LogP contribution in [0.2, 0.25) is 0 Å². The first kappa shape index (κ1) is 18.5. The lowest BCUT2D eigenvalue weighted by Crippen LogP contribution is -2.25. The van der Waals surface area contributed by atoms with Crippen LogP contribution in [0.4, 0.5) is 5.69 Å². The standard InChI is InChI=1S/C20H24N2O3/c1-4-25-19-9-8-16(13-18(19)22-15(3)23)10-11-21-20(24)17-7-5-6-14(2)12-17/h5-9,12-13H,4,10-11H2,1-3H3,(H,21,24)(H,22,23). The Kier molecular flexibility index (Phi) is 6.57. The van der Waals surface area contributed by atoms with E-state index in [9.17, 15) is 9.59 Å². The lowest BCUT2D eigenvalue weighted by molar-refractivity contribution is -0.114. The third-order valence-corrected chi connectivity index (χ3v) is 3.63. The van der Waals surface area contributed by atoms with Gasteiger partial charge in [-0.05, 0) is 50.1 Å². The highest BCUT2D eigenvalue weighted by Gasteiger charge is 2.08. The van der Waals surface area contributed by atoms with Crippen molar-refractivity contribution in [1.82, 2.24) is 5.32 Å². The van der Waals surface area contributed by atoms with E-state index in [4.69, 9.17) is 4.74 Å². The normalized spacial score (nSPS) is 10.2. The number of hydrogen-bond donors (Lipinski definition) is 2. The number of carbonyl (C=O) groups is 2. The second kappa shape index (κ2) is 8.87. The van der Waals surface area contributed by atoms with Gasteiger partial charge in [0.15, 0.2) is 0 Å². The highest BCUT2D eigenvalue weighted by Crippen LogP contribution is 2.26. The Labute approximate surface area is 148 Å². The fourth-order valence-electron chi connectivity index (χ4n) is 2.51. The SMILES string of the molecule is CCOc1ccc(CCNC(=O)c2cccc(C)c2)cc1NC(C)=O. The Hall–Kier alpha value is -2.82. The molecule has 0 heterocycles. The summed E-state index contributed by atoms with van der Waals surface area (Å²) in [5, 5.41) is 5.70. The predicted molar refractivity (Wildman–Crippen MR) is 99.1 cm³/mol. The molecule has 0 aliphatic carbocycles. The fraction of sp³-hybridized carbons (Fsp3) is 0.300. The van der Waals surface area contributed by atoms with Crippen LogP contribution in [-0.2, 0) is 11.2 Å². The van der Waals surface area contributed by atoms with Crippen molar-refractivity contribution in [2.75, 3.05) is 18.5 Å². The van der Waals surface area contributed by atoms with Crippen molar-refractivity contribution in [3.05, 3.63) is 59.2 Å². The smallest absolute Gasteiger partial charge is 0.251 e. The zero-order chi connectivity index (χ0) is 18.2. The van der Waals surface area contributed by atoms with E-state index >= 15 is 0 Å². The van der Waals surface area contributed by atoms with Gasteiger partial charge >= 0.3 is 0 Å². The van der Waals surface area contributed by atoms with Crippen molar-refractivity contribution in [1.29, 1.82) is 0 Å². The average Bonchev–Trinajstić information content (AvgIpc) is 2.56. The van der Waals surface area contributed by atoms with Gasteiger partial charge in [0.2, 0.25) is 5.91 Å². The number of nitrogens with one attached hydrogen (secondary N) is 2. The van der Waals surface area contributed by atoms with Crippen molar-refractivity contribution < 1.29 is 14.3 Å². The molecule has 0 atom stereocenters. The van der Waals surface area contributed by atoms with Crippen LogP contribution in [-0.4, -0.2) is 25.0 Å². The summed E-state index contributed by atoms with van der Waals surface area (Å²) < 4.78 is 5.52. The third-order valence-electron chi connectivity index (χ3n) is 3.63. The molecule has 0 spiro atoms. The minimum atomic E-state index is -0.147. The first-order valence-electron chi connectivity index (χ1n) is 8.37. The molecule has 2 aromatic rings. The summed E-state index contributed by atoms with van der Waals surface area (Å²) in [4.78, 5) is 23.5. The first-order valence-corrected chi connectivity index (χ1v) is 8.37. The summed E-state index contributed by atoms with van der Waals surface area (Å²) in [5.74, 6) is 0.410. The zero-order valence-corrected chi connectivity index (χ0v) is 14.9. The summed E-state index contributed by atoms with van der Waals surface area (Å²) >= 11 is 0. The molecular weight excluding hydrogens is 316 g/mol. The third kappa shape index (κ3) is 5.64. The topological polar surface area (TPSA) is 67.4 Å². The van der Waals surface area contributed by atoms with Crippen LogP contribution in [0.3, 0.4) is 0 Å². The van der Waals surface area contributed by atoms with Crippen LogP contribution in [0.5, 0.6) is 5.75 Å². The van der Waals surface area contributed by atoms with Crippen LogP contribution >= 0.6 is 0 Å². The molecule has 0 aliphatic rings. The highest BCUT2D eigenvalue weighted by atomic mass is 16.5. The van der Waals surface area contributed by atoms with E-state index in [1.165, 1.54) is 6.92 Å². The van der Waals surface area contributed by atoms with E-state index in [0.717, 1.165) is 11.1 Å². The molecule has 0 aromatic heterocycles. The Bertz CT molecular complexity index is 756. The Morgan fingerprint density at radius 3 is 2.60 bits per heavy atom. The maximum Gasteiger partial charge on any atom is 0.251 e. The zero-order valence-electron chi connectivity index (χ0n) is 14.9. The molecule has 0 saturated carbocycles. The van der Waals surface area contributed by atoms with Gasteiger partial charge in [0, 0.05) is 19.0 Å². The van der Waals surface area contributed by atoms with Crippen molar-refractivity contribution >= 4 is 17.5 Å². The lowest BCUT2D eigenvalue weighted by Gasteiger charge is -2.13. The minimum absolute atomic E-state index is 0.0864. The van der Waals surface area contributed by atoms with E-state index in [-0.39, 0.29) is 11.8 Å². The summed E-state index contributed by atoms with van der Waals surface area (Å²) in [6, 6.07) is 13.2. The second-order valence-corrected chi connectivity index (χ2v) is 5.82. The molecule has 0 unspecified atom stereocenters. The quantitative estimate of drug-likeness (QED) is 0.812. The van der Waals surface area contributed by atoms with E-state index in [1.54, 1.807) is 6.07 Å². The number of ether oxygens (including phenoxy) is 1. The van der Waals surface area contributed by atoms with E-state index < -0.39 is 0 Å². The van der Waals surface area contributed by atoms with Crippen LogP contribution < -0.4 is 15.4 Å². The van der Waals surface area contributed by atoms with Crippen molar-refractivity contribution in [2.45, 2.75) is 27.2 Å². The summed E-state index contributed by atoms with van der Waals surface area (Å²) in [6.07, 6.45) is 0.663. The maximum atomic E-state index is 12.2. The summed E-state index contributed by atoms with van der Waals surface area (Å²) in [5.41, 5.74) is 3.37. The Morgan fingerprint density at radius 2 is 1.92 bits per heavy atom. The Morgan fingerprint density at radius 1 is 1.12 bits per heavy atom. The van der Waals surface area contributed by atoms with Crippen LogP contribution in [0.25, 0.3) is 0 Å². The van der Waals surface area contributed by atoms with Gasteiger partial charge in [0.25, 0.3) is 5.91 Å². The van der Waals surface area contributed by atoms with Gasteiger partial charge in [0.1, 0.15) is 5.75 Å². The molecule has 132 valence electrons. The molecule has 0 fully saturated rings.